The summed E-state index contributed by atoms with van der Waals surface area (Å²) in [7, 11) is 1.57. The number of methoxy groups -OCH3 is 1. The maximum atomic E-state index is 12.1. The summed E-state index contributed by atoms with van der Waals surface area (Å²) in [4.78, 5) is 26.6. The van der Waals surface area contributed by atoms with Gasteiger partial charge in [-0.25, -0.2) is 9.78 Å². The van der Waals surface area contributed by atoms with E-state index in [0.29, 0.717) is 13.0 Å². The number of carboxylic acid groups (broad SMARTS) is 1. The van der Waals surface area contributed by atoms with Gasteiger partial charge in [-0.3, -0.25) is 4.79 Å². The normalized spacial score (nSPS) is 24.2. The van der Waals surface area contributed by atoms with Gasteiger partial charge in [-0.1, -0.05) is 0 Å². The van der Waals surface area contributed by atoms with Crippen molar-refractivity contribution in [1.82, 2.24) is 10.3 Å². The molecule has 1 amide bonds. The van der Waals surface area contributed by atoms with Crippen molar-refractivity contribution in [3.63, 3.8) is 0 Å². The number of carboxylic acids is 1. The van der Waals surface area contributed by atoms with Crippen LogP contribution in [0.1, 0.15) is 34.2 Å². The minimum atomic E-state index is -1.17. The largest absolute Gasteiger partial charge is 0.477 e. The van der Waals surface area contributed by atoms with Crippen LogP contribution in [-0.4, -0.2) is 53.9 Å². The lowest BCUT2D eigenvalue weighted by Gasteiger charge is -2.43. The number of hydrogen-bond acceptors (Lipinski definition) is 5. The first-order valence-electron chi connectivity index (χ1n) is 6.71. The highest BCUT2D eigenvalue weighted by molar-refractivity contribution is 5.96. The number of carbonyl (C=O) groups excluding carboxylic acids is 1. The standard InChI is InChI=1S/C14H18N2O5/c1-3-21-11-7-9(12(11)20-2)16-13(17)8-4-5-15-10(6-8)14(18)19/h4-6,9,11-12H,3,7H2,1-2H3,(H,16,17)(H,18,19). The molecule has 1 heterocycles. The summed E-state index contributed by atoms with van der Waals surface area (Å²) in [5.74, 6) is -1.51. The van der Waals surface area contributed by atoms with E-state index in [1.165, 1.54) is 18.3 Å². The van der Waals surface area contributed by atoms with Crippen LogP contribution in [0.5, 0.6) is 0 Å². The third-order valence-corrected chi connectivity index (χ3v) is 3.46. The highest BCUT2D eigenvalue weighted by atomic mass is 16.5. The molecular formula is C14H18N2O5. The van der Waals surface area contributed by atoms with Crippen LogP contribution >= 0.6 is 0 Å². The molecule has 0 saturated heterocycles. The Morgan fingerprint density at radius 3 is 2.90 bits per heavy atom. The van der Waals surface area contributed by atoms with Gasteiger partial charge in [0.2, 0.25) is 0 Å². The van der Waals surface area contributed by atoms with Gasteiger partial charge >= 0.3 is 5.97 Å². The van der Waals surface area contributed by atoms with Gasteiger partial charge in [0.05, 0.1) is 12.1 Å². The van der Waals surface area contributed by atoms with E-state index >= 15 is 0 Å². The fourth-order valence-corrected chi connectivity index (χ4v) is 2.36. The molecule has 0 aliphatic heterocycles. The Morgan fingerprint density at radius 1 is 1.52 bits per heavy atom. The maximum absolute atomic E-state index is 12.1. The zero-order valence-corrected chi connectivity index (χ0v) is 11.9. The predicted octanol–water partition coefficient (Wildman–Crippen LogP) is 0.702. The minimum absolute atomic E-state index is 0.0164. The third-order valence-electron chi connectivity index (χ3n) is 3.46. The van der Waals surface area contributed by atoms with Crippen molar-refractivity contribution < 1.29 is 24.2 Å². The molecule has 1 fully saturated rings. The molecule has 1 aromatic heterocycles. The molecule has 1 saturated carbocycles. The van der Waals surface area contributed by atoms with Crippen LogP contribution < -0.4 is 5.32 Å². The van der Waals surface area contributed by atoms with E-state index in [2.05, 4.69) is 10.3 Å². The molecule has 1 aromatic rings. The number of ether oxygens (including phenoxy) is 2. The van der Waals surface area contributed by atoms with E-state index in [1.54, 1.807) is 7.11 Å². The van der Waals surface area contributed by atoms with Crippen molar-refractivity contribution in [2.45, 2.75) is 31.6 Å². The van der Waals surface area contributed by atoms with E-state index in [-0.39, 0.29) is 35.4 Å². The second-order valence-electron chi connectivity index (χ2n) is 4.74. The zero-order chi connectivity index (χ0) is 15.4. The van der Waals surface area contributed by atoms with Gasteiger partial charge in [-0.15, -0.1) is 0 Å². The van der Waals surface area contributed by atoms with Gasteiger partial charge in [0, 0.05) is 25.5 Å². The van der Waals surface area contributed by atoms with Gasteiger partial charge in [0.15, 0.2) is 0 Å². The van der Waals surface area contributed by atoms with E-state index < -0.39 is 5.97 Å². The van der Waals surface area contributed by atoms with Gasteiger partial charge in [0.1, 0.15) is 11.8 Å². The van der Waals surface area contributed by atoms with Crippen molar-refractivity contribution >= 4 is 11.9 Å². The SMILES string of the molecule is CCOC1CC(NC(=O)c2ccnc(C(=O)O)c2)C1OC. The topological polar surface area (TPSA) is 97.8 Å². The smallest absolute Gasteiger partial charge is 0.354 e. The number of amides is 1. The molecule has 1 aliphatic carbocycles. The number of aromatic nitrogens is 1. The lowest BCUT2D eigenvalue weighted by Crippen LogP contribution is -2.61. The summed E-state index contributed by atoms with van der Waals surface area (Å²) in [6.07, 6.45) is 1.78. The van der Waals surface area contributed by atoms with Crippen molar-refractivity contribution in [3.8, 4) is 0 Å². The van der Waals surface area contributed by atoms with Crippen LogP contribution in [0.25, 0.3) is 0 Å². The predicted molar refractivity (Wildman–Crippen MR) is 73.3 cm³/mol. The first kappa shape index (κ1) is 15.4. The number of nitrogens with zero attached hydrogens (tertiary/aromatic N) is 1. The van der Waals surface area contributed by atoms with Crippen molar-refractivity contribution in [3.05, 3.63) is 29.6 Å². The Morgan fingerprint density at radius 2 is 2.29 bits per heavy atom. The lowest BCUT2D eigenvalue weighted by molar-refractivity contribution is -0.128. The quantitative estimate of drug-likeness (QED) is 0.801. The molecule has 3 atom stereocenters. The summed E-state index contributed by atoms with van der Waals surface area (Å²) in [5, 5.41) is 11.7. The lowest BCUT2D eigenvalue weighted by atomic mass is 9.85. The molecule has 0 radical (unpaired) electrons. The highest BCUT2D eigenvalue weighted by Gasteiger charge is 2.43. The Balaban J connectivity index is 1.99. The summed E-state index contributed by atoms with van der Waals surface area (Å²) < 4.78 is 10.8. The number of hydrogen-bond donors (Lipinski definition) is 2. The molecule has 7 nitrogen and oxygen atoms in total. The fraction of sp³-hybridized carbons (Fsp3) is 0.500. The Kier molecular flexibility index (Phi) is 4.87. The number of carbonyl (C=O) groups is 2. The van der Waals surface area contributed by atoms with Gasteiger partial charge in [0.25, 0.3) is 5.91 Å². The van der Waals surface area contributed by atoms with Crippen LogP contribution in [0.15, 0.2) is 18.3 Å². The summed E-state index contributed by atoms with van der Waals surface area (Å²) >= 11 is 0. The van der Waals surface area contributed by atoms with Gasteiger partial charge in [-0.05, 0) is 25.5 Å². The van der Waals surface area contributed by atoms with Gasteiger partial charge in [-0.2, -0.15) is 0 Å². The summed E-state index contributed by atoms with van der Waals surface area (Å²) in [5.41, 5.74) is 0.101. The van der Waals surface area contributed by atoms with Gasteiger partial charge < -0.3 is 19.9 Å². The minimum Gasteiger partial charge on any atom is -0.477 e. The van der Waals surface area contributed by atoms with Crippen LogP contribution in [0.4, 0.5) is 0 Å². The molecule has 2 rings (SSSR count). The second-order valence-corrected chi connectivity index (χ2v) is 4.74. The third kappa shape index (κ3) is 3.37. The average Bonchev–Trinajstić information content (AvgIpc) is 2.46. The molecular weight excluding hydrogens is 276 g/mol. The van der Waals surface area contributed by atoms with Crippen LogP contribution in [0.2, 0.25) is 0 Å². The Labute approximate surface area is 122 Å². The van der Waals surface area contributed by atoms with Crippen molar-refractivity contribution in [1.29, 1.82) is 0 Å². The molecule has 7 heteroatoms. The van der Waals surface area contributed by atoms with E-state index in [9.17, 15) is 9.59 Å². The number of rotatable bonds is 6. The molecule has 21 heavy (non-hydrogen) atoms. The molecule has 1 aliphatic rings. The monoisotopic (exact) mass is 294 g/mol. The first-order valence-corrected chi connectivity index (χ1v) is 6.71. The molecule has 2 N–H and O–H groups in total. The number of aromatic carboxylic acids is 1. The first-order chi connectivity index (χ1) is 10.1. The zero-order valence-electron chi connectivity index (χ0n) is 11.9. The van der Waals surface area contributed by atoms with Crippen LogP contribution in [0, 0.1) is 0 Å². The van der Waals surface area contributed by atoms with E-state index in [0.717, 1.165) is 0 Å². The summed E-state index contributed by atoms with van der Waals surface area (Å²) in [6.45, 7) is 2.50. The summed E-state index contributed by atoms with van der Waals surface area (Å²) in [6, 6.07) is 2.58. The molecule has 114 valence electrons. The highest BCUT2D eigenvalue weighted by Crippen LogP contribution is 2.27. The molecule has 0 spiro atoms. The Bertz CT molecular complexity index is 534. The van der Waals surface area contributed by atoms with Crippen LogP contribution in [-0.2, 0) is 9.47 Å². The average molecular weight is 294 g/mol. The van der Waals surface area contributed by atoms with Crippen molar-refractivity contribution in [2.75, 3.05) is 13.7 Å². The fourth-order valence-electron chi connectivity index (χ4n) is 2.36. The number of nitrogens with one attached hydrogen (secondary N) is 1. The van der Waals surface area contributed by atoms with E-state index in [1.807, 2.05) is 6.92 Å². The molecule has 0 aromatic carbocycles. The molecule has 3 unspecified atom stereocenters. The molecule has 0 bridgehead atoms. The maximum Gasteiger partial charge on any atom is 0.354 e. The van der Waals surface area contributed by atoms with E-state index in [4.69, 9.17) is 14.6 Å². The Hall–Kier alpha value is -1.99. The van der Waals surface area contributed by atoms with Crippen LogP contribution in [0.3, 0.4) is 0 Å². The number of pyridine rings is 1. The second kappa shape index (κ2) is 6.64. The van der Waals surface area contributed by atoms with Crippen molar-refractivity contribution in [2.24, 2.45) is 0 Å².